The Labute approximate surface area is 113 Å². The van der Waals surface area contributed by atoms with Crippen LogP contribution in [0.4, 0.5) is 13.2 Å². The summed E-state index contributed by atoms with van der Waals surface area (Å²) in [6.07, 6.45) is -2.34. The maximum atomic E-state index is 11.8. The molecule has 0 aliphatic rings. The van der Waals surface area contributed by atoms with Crippen LogP contribution in [0.2, 0.25) is 0 Å². The topological polar surface area (TPSA) is 41.5 Å². The van der Waals surface area contributed by atoms with Crippen LogP contribution in [0.3, 0.4) is 0 Å². The van der Waals surface area contributed by atoms with Crippen molar-refractivity contribution in [2.24, 2.45) is 0 Å². The number of ether oxygens (including phenoxy) is 1. The minimum Gasteiger partial charge on any atom is -0.394 e. The third kappa shape index (κ3) is 11.2. The van der Waals surface area contributed by atoms with Gasteiger partial charge in [-0.15, -0.1) is 0 Å². The van der Waals surface area contributed by atoms with Crippen molar-refractivity contribution in [3.8, 4) is 0 Å². The van der Waals surface area contributed by atoms with Gasteiger partial charge in [-0.05, 0) is 39.2 Å². The third-order valence-electron chi connectivity index (χ3n) is 2.97. The third-order valence-corrected chi connectivity index (χ3v) is 2.97. The summed E-state index contributed by atoms with van der Waals surface area (Å²) in [6, 6.07) is 0. The Bertz CT molecular complexity index is 224. The van der Waals surface area contributed by atoms with Crippen LogP contribution in [0.1, 0.15) is 46.0 Å². The molecule has 0 aromatic heterocycles. The Hall–Kier alpha value is -0.330. The maximum absolute atomic E-state index is 11.8. The molecule has 0 aliphatic heterocycles. The highest BCUT2D eigenvalue weighted by Crippen LogP contribution is 2.21. The number of halogens is 3. The Balaban J connectivity index is 3.45. The first-order chi connectivity index (χ1) is 8.83. The van der Waals surface area contributed by atoms with Crippen LogP contribution in [0.5, 0.6) is 0 Å². The minimum atomic E-state index is -4.09. The quantitative estimate of drug-likeness (QED) is 0.574. The van der Waals surface area contributed by atoms with E-state index in [0.717, 1.165) is 25.8 Å². The molecule has 0 saturated carbocycles. The molecule has 0 rings (SSSR count). The van der Waals surface area contributed by atoms with E-state index < -0.39 is 12.6 Å². The summed E-state index contributed by atoms with van der Waals surface area (Å²) in [5, 5.41) is 12.5. The average Bonchev–Trinajstić information content (AvgIpc) is 2.31. The van der Waals surface area contributed by atoms with Crippen LogP contribution in [0.15, 0.2) is 0 Å². The molecule has 19 heavy (non-hydrogen) atoms. The van der Waals surface area contributed by atoms with E-state index in [1.54, 1.807) is 0 Å². The zero-order valence-electron chi connectivity index (χ0n) is 11.9. The van der Waals surface area contributed by atoms with Crippen molar-refractivity contribution in [2.45, 2.75) is 57.7 Å². The fourth-order valence-corrected chi connectivity index (χ4v) is 1.85. The number of likely N-dealkylation sites (N-methyl/N-ethyl adjacent to an activating group) is 1. The Morgan fingerprint density at radius 1 is 1.05 bits per heavy atom. The molecule has 0 aliphatic carbocycles. The number of hydrogen-bond acceptors (Lipinski definition) is 3. The second kappa shape index (κ2) is 9.55. The summed E-state index contributed by atoms with van der Waals surface area (Å²) >= 11 is 0. The molecule has 116 valence electrons. The normalized spacial score (nSPS) is 15.5. The zero-order chi connectivity index (χ0) is 14.8. The van der Waals surface area contributed by atoms with Gasteiger partial charge < -0.3 is 15.2 Å². The summed E-state index contributed by atoms with van der Waals surface area (Å²) in [5.74, 6) is 0. The van der Waals surface area contributed by atoms with Gasteiger partial charge in [0.05, 0.1) is 6.61 Å². The van der Waals surface area contributed by atoms with E-state index in [2.05, 4.69) is 5.32 Å². The maximum Gasteiger partial charge on any atom is 0.389 e. The predicted molar refractivity (Wildman–Crippen MR) is 69.1 cm³/mol. The van der Waals surface area contributed by atoms with Crippen LogP contribution in [0.25, 0.3) is 0 Å². The van der Waals surface area contributed by atoms with E-state index in [4.69, 9.17) is 4.74 Å². The molecule has 2 N–H and O–H groups in total. The van der Waals surface area contributed by atoms with Gasteiger partial charge >= 0.3 is 6.18 Å². The van der Waals surface area contributed by atoms with Gasteiger partial charge in [-0.25, -0.2) is 0 Å². The number of unbranched alkanes of at least 4 members (excludes halogenated alkanes) is 1. The average molecular weight is 285 g/mol. The largest absolute Gasteiger partial charge is 0.394 e. The van der Waals surface area contributed by atoms with Gasteiger partial charge in [0.1, 0.15) is 0 Å². The number of rotatable bonds is 11. The van der Waals surface area contributed by atoms with Crippen molar-refractivity contribution in [1.29, 1.82) is 0 Å². The minimum absolute atomic E-state index is 0.0231. The summed E-state index contributed by atoms with van der Waals surface area (Å²) in [6.45, 7) is 5.45. The van der Waals surface area contributed by atoms with E-state index in [9.17, 15) is 18.3 Å². The highest BCUT2D eigenvalue weighted by Gasteiger charge is 2.25. The lowest BCUT2D eigenvalue weighted by molar-refractivity contribution is -0.137. The molecule has 1 atom stereocenters. The summed E-state index contributed by atoms with van der Waals surface area (Å²) < 4.78 is 40.7. The van der Waals surface area contributed by atoms with Gasteiger partial charge in [0, 0.05) is 25.2 Å². The molecule has 0 amide bonds. The molecule has 0 bridgehead atoms. The van der Waals surface area contributed by atoms with Crippen molar-refractivity contribution < 1.29 is 23.0 Å². The van der Waals surface area contributed by atoms with E-state index >= 15 is 0 Å². The smallest absolute Gasteiger partial charge is 0.389 e. The lowest BCUT2D eigenvalue weighted by Gasteiger charge is -2.28. The van der Waals surface area contributed by atoms with Gasteiger partial charge in [-0.1, -0.05) is 6.92 Å². The first-order valence-corrected chi connectivity index (χ1v) is 6.83. The van der Waals surface area contributed by atoms with Gasteiger partial charge in [-0.3, -0.25) is 0 Å². The predicted octanol–water partition coefficient (Wildman–Crippen LogP) is 2.88. The Kier molecular flexibility index (Phi) is 9.39. The number of nitrogens with one attached hydrogen (secondary N) is 1. The van der Waals surface area contributed by atoms with Crippen LogP contribution in [-0.4, -0.2) is 43.2 Å². The molecule has 0 heterocycles. The summed E-state index contributed by atoms with van der Waals surface area (Å²) in [4.78, 5) is 0. The lowest BCUT2D eigenvalue weighted by Crippen LogP contribution is -2.45. The van der Waals surface area contributed by atoms with Gasteiger partial charge in [-0.2, -0.15) is 13.2 Å². The van der Waals surface area contributed by atoms with E-state index in [1.165, 1.54) is 0 Å². The SMILES string of the molecule is CCNC(C)(CO)CCCCOCCCC(F)(F)F. The molecule has 3 nitrogen and oxygen atoms in total. The molecule has 6 heteroatoms. The van der Waals surface area contributed by atoms with E-state index in [1.807, 2.05) is 13.8 Å². The van der Waals surface area contributed by atoms with Crippen LogP contribution in [0, 0.1) is 0 Å². The van der Waals surface area contributed by atoms with Crippen molar-refractivity contribution in [3.05, 3.63) is 0 Å². The second-order valence-electron chi connectivity index (χ2n) is 5.04. The Morgan fingerprint density at radius 2 is 1.68 bits per heavy atom. The highest BCUT2D eigenvalue weighted by atomic mass is 19.4. The molecule has 0 spiro atoms. The van der Waals surface area contributed by atoms with E-state index in [-0.39, 0.29) is 25.2 Å². The molecule has 0 aromatic rings. The first-order valence-electron chi connectivity index (χ1n) is 6.83. The number of aliphatic hydroxyl groups excluding tert-OH is 1. The number of alkyl halides is 3. The van der Waals surface area contributed by atoms with Crippen molar-refractivity contribution >= 4 is 0 Å². The van der Waals surface area contributed by atoms with E-state index in [0.29, 0.717) is 6.61 Å². The van der Waals surface area contributed by atoms with Gasteiger partial charge in [0.2, 0.25) is 0 Å². The first kappa shape index (κ1) is 18.7. The molecule has 0 fully saturated rings. The number of aliphatic hydroxyl groups is 1. The monoisotopic (exact) mass is 285 g/mol. The molecule has 1 unspecified atom stereocenters. The van der Waals surface area contributed by atoms with Gasteiger partial charge in [0.15, 0.2) is 0 Å². The molecule has 0 radical (unpaired) electrons. The summed E-state index contributed by atoms with van der Waals surface area (Å²) in [5.41, 5.74) is -0.273. The van der Waals surface area contributed by atoms with Crippen molar-refractivity contribution in [1.82, 2.24) is 5.32 Å². The zero-order valence-corrected chi connectivity index (χ0v) is 11.9. The van der Waals surface area contributed by atoms with Crippen LogP contribution < -0.4 is 5.32 Å². The fraction of sp³-hybridized carbons (Fsp3) is 1.00. The van der Waals surface area contributed by atoms with Crippen molar-refractivity contribution in [2.75, 3.05) is 26.4 Å². The van der Waals surface area contributed by atoms with Crippen LogP contribution >= 0.6 is 0 Å². The van der Waals surface area contributed by atoms with Crippen molar-refractivity contribution in [3.63, 3.8) is 0 Å². The molecule has 0 saturated heterocycles. The van der Waals surface area contributed by atoms with Gasteiger partial charge in [0.25, 0.3) is 0 Å². The highest BCUT2D eigenvalue weighted by molar-refractivity contribution is 4.81. The number of hydrogen-bond donors (Lipinski definition) is 2. The standard InChI is InChI=1S/C13H26F3NO2/c1-3-17-12(2,11-18)7-4-5-9-19-10-6-8-13(14,15)16/h17-18H,3-11H2,1-2H3. The lowest BCUT2D eigenvalue weighted by atomic mass is 9.96. The van der Waals surface area contributed by atoms with Crippen LogP contribution in [-0.2, 0) is 4.74 Å². The Morgan fingerprint density at radius 3 is 2.21 bits per heavy atom. The molecule has 0 aromatic carbocycles. The fourth-order valence-electron chi connectivity index (χ4n) is 1.85. The second-order valence-corrected chi connectivity index (χ2v) is 5.04. The molecular formula is C13H26F3NO2. The molecular weight excluding hydrogens is 259 g/mol. The summed E-state index contributed by atoms with van der Waals surface area (Å²) in [7, 11) is 0.